The summed E-state index contributed by atoms with van der Waals surface area (Å²) in [7, 11) is 0. The average Bonchev–Trinajstić information content (AvgIpc) is 2.28. The van der Waals surface area contributed by atoms with Crippen LogP contribution in [0, 0.1) is 12.7 Å². The van der Waals surface area contributed by atoms with Gasteiger partial charge < -0.3 is 10.6 Å². The van der Waals surface area contributed by atoms with Crippen LogP contribution in [0.1, 0.15) is 29.3 Å². The molecule has 1 aliphatic rings. The molecule has 1 saturated heterocycles. The van der Waals surface area contributed by atoms with Crippen molar-refractivity contribution in [1.82, 2.24) is 4.90 Å². The quantitative estimate of drug-likeness (QED) is 0.849. The molecule has 0 spiro atoms. The Labute approximate surface area is 100 Å². The number of halogens is 1. The first kappa shape index (κ1) is 12.0. The van der Waals surface area contributed by atoms with Crippen molar-refractivity contribution < 1.29 is 9.18 Å². The number of hydrogen-bond acceptors (Lipinski definition) is 2. The van der Waals surface area contributed by atoms with Crippen LogP contribution in [0.3, 0.4) is 0 Å². The van der Waals surface area contributed by atoms with Gasteiger partial charge in [0.25, 0.3) is 5.91 Å². The van der Waals surface area contributed by atoms with Crippen LogP contribution in [0.15, 0.2) is 18.2 Å². The zero-order chi connectivity index (χ0) is 12.6. The standard InChI is InChI=1S/C13H17FN2O/c1-3-13(15)7-16(8-13)12(17)10-6-4-5-9(2)11(10)14/h4-6H,3,7-8,15H2,1-2H3. The van der Waals surface area contributed by atoms with Crippen LogP contribution in [0.4, 0.5) is 4.39 Å². The molecule has 0 saturated carbocycles. The van der Waals surface area contributed by atoms with Crippen LogP contribution < -0.4 is 5.73 Å². The Morgan fingerprint density at radius 3 is 2.76 bits per heavy atom. The van der Waals surface area contributed by atoms with Gasteiger partial charge in [0.2, 0.25) is 0 Å². The Kier molecular flexibility index (Phi) is 2.91. The highest BCUT2D eigenvalue weighted by molar-refractivity contribution is 5.95. The molecule has 4 heteroatoms. The van der Waals surface area contributed by atoms with Crippen molar-refractivity contribution in [2.24, 2.45) is 5.73 Å². The lowest BCUT2D eigenvalue weighted by molar-refractivity contribution is 0.0396. The maximum atomic E-state index is 13.8. The van der Waals surface area contributed by atoms with Gasteiger partial charge in [0.15, 0.2) is 0 Å². The molecule has 1 aromatic rings. The predicted molar refractivity (Wildman–Crippen MR) is 64.2 cm³/mol. The number of amides is 1. The van der Waals surface area contributed by atoms with Gasteiger partial charge in [-0.1, -0.05) is 19.1 Å². The van der Waals surface area contributed by atoms with E-state index in [-0.39, 0.29) is 17.0 Å². The molecule has 1 fully saturated rings. The van der Waals surface area contributed by atoms with Crippen LogP contribution in [0.25, 0.3) is 0 Å². The van der Waals surface area contributed by atoms with Gasteiger partial charge >= 0.3 is 0 Å². The molecule has 0 aliphatic carbocycles. The van der Waals surface area contributed by atoms with E-state index in [2.05, 4.69) is 0 Å². The molecule has 0 radical (unpaired) electrons. The topological polar surface area (TPSA) is 46.3 Å². The van der Waals surface area contributed by atoms with E-state index in [4.69, 9.17) is 5.73 Å². The van der Waals surface area contributed by atoms with Crippen LogP contribution in [0.5, 0.6) is 0 Å². The molecule has 1 aliphatic heterocycles. The van der Waals surface area contributed by atoms with E-state index in [1.165, 1.54) is 6.07 Å². The Bertz CT molecular complexity index is 453. The van der Waals surface area contributed by atoms with Crippen LogP contribution in [0.2, 0.25) is 0 Å². The summed E-state index contributed by atoms with van der Waals surface area (Å²) in [5.74, 6) is -0.691. The van der Waals surface area contributed by atoms with Gasteiger partial charge in [-0.2, -0.15) is 0 Å². The maximum absolute atomic E-state index is 13.8. The van der Waals surface area contributed by atoms with Crippen LogP contribution >= 0.6 is 0 Å². The number of nitrogens with two attached hydrogens (primary N) is 1. The maximum Gasteiger partial charge on any atom is 0.256 e. The van der Waals surface area contributed by atoms with E-state index >= 15 is 0 Å². The number of aryl methyl sites for hydroxylation is 1. The van der Waals surface area contributed by atoms with Crippen LogP contribution in [-0.4, -0.2) is 29.4 Å². The molecular weight excluding hydrogens is 219 g/mol. The molecule has 92 valence electrons. The van der Waals surface area contributed by atoms with Gasteiger partial charge in [-0.25, -0.2) is 4.39 Å². The van der Waals surface area contributed by atoms with Gasteiger partial charge in [0, 0.05) is 13.1 Å². The lowest BCUT2D eigenvalue weighted by Crippen LogP contribution is -2.68. The summed E-state index contributed by atoms with van der Waals surface area (Å²) < 4.78 is 13.8. The zero-order valence-corrected chi connectivity index (χ0v) is 10.2. The minimum Gasteiger partial charge on any atom is -0.335 e. The molecule has 0 bridgehead atoms. The van der Waals surface area contributed by atoms with E-state index in [0.29, 0.717) is 18.7 Å². The van der Waals surface area contributed by atoms with Gasteiger partial charge in [0.05, 0.1) is 11.1 Å². The number of hydrogen-bond donors (Lipinski definition) is 1. The fourth-order valence-corrected chi connectivity index (χ4v) is 2.06. The number of carbonyl (C=O) groups is 1. The van der Waals surface area contributed by atoms with Crippen molar-refractivity contribution in [2.45, 2.75) is 25.8 Å². The van der Waals surface area contributed by atoms with E-state index in [9.17, 15) is 9.18 Å². The third kappa shape index (κ3) is 2.05. The molecule has 0 unspecified atom stereocenters. The Morgan fingerprint density at radius 2 is 2.18 bits per heavy atom. The largest absolute Gasteiger partial charge is 0.335 e. The molecule has 1 amide bonds. The number of rotatable bonds is 2. The van der Waals surface area contributed by atoms with Gasteiger partial charge in [-0.3, -0.25) is 4.79 Å². The molecule has 2 rings (SSSR count). The first-order valence-electron chi connectivity index (χ1n) is 5.80. The van der Waals surface area contributed by atoms with Crippen molar-refractivity contribution in [3.63, 3.8) is 0 Å². The highest BCUT2D eigenvalue weighted by Crippen LogP contribution is 2.24. The Balaban J connectivity index is 2.15. The second-order valence-electron chi connectivity index (χ2n) is 4.81. The van der Waals surface area contributed by atoms with Crippen molar-refractivity contribution in [3.8, 4) is 0 Å². The third-order valence-electron chi connectivity index (χ3n) is 3.43. The molecular formula is C13H17FN2O. The number of benzene rings is 1. The second kappa shape index (κ2) is 4.11. The molecule has 17 heavy (non-hydrogen) atoms. The number of likely N-dealkylation sites (tertiary alicyclic amines) is 1. The summed E-state index contributed by atoms with van der Waals surface area (Å²) in [6.07, 6.45) is 0.826. The van der Waals surface area contributed by atoms with Gasteiger partial charge in [0.1, 0.15) is 5.82 Å². The van der Waals surface area contributed by atoms with E-state index in [1.807, 2.05) is 6.92 Å². The van der Waals surface area contributed by atoms with Crippen molar-refractivity contribution >= 4 is 5.91 Å². The van der Waals surface area contributed by atoms with Gasteiger partial charge in [-0.15, -0.1) is 0 Å². The van der Waals surface area contributed by atoms with E-state index in [1.54, 1.807) is 24.0 Å². The highest BCUT2D eigenvalue weighted by atomic mass is 19.1. The monoisotopic (exact) mass is 236 g/mol. The van der Waals surface area contributed by atoms with Crippen LogP contribution in [-0.2, 0) is 0 Å². The summed E-state index contributed by atoms with van der Waals surface area (Å²) >= 11 is 0. The highest BCUT2D eigenvalue weighted by Gasteiger charge is 2.41. The molecule has 1 heterocycles. The zero-order valence-electron chi connectivity index (χ0n) is 10.2. The summed E-state index contributed by atoms with van der Waals surface area (Å²) in [4.78, 5) is 13.6. The summed E-state index contributed by atoms with van der Waals surface area (Å²) in [6, 6.07) is 4.87. The van der Waals surface area contributed by atoms with Crippen molar-refractivity contribution in [1.29, 1.82) is 0 Å². The van der Waals surface area contributed by atoms with Gasteiger partial charge in [-0.05, 0) is 25.0 Å². The average molecular weight is 236 g/mol. The third-order valence-corrected chi connectivity index (χ3v) is 3.43. The lowest BCUT2D eigenvalue weighted by Gasteiger charge is -2.47. The van der Waals surface area contributed by atoms with Crippen molar-refractivity contribution in [2.75, 3.05) is 13.1 Å². The molecule has 1 aromatic carbocycles. The second-order valence-corrected chi connectivity index (χ2v) is 4.81. The van der Waals surface area contributed by atoms with E-state index < -0.39 is 5.82 Å². The summed E-state index contributed by atoms with van der Waals surface area (Å²) in [6.45, 7) is 4.67. The normalized spacial score (nSPS) is 17.8. The van der Waals surface area contributed by atoms with Crippen molar-refractivity contribution in [3.05, 3.63) is 35.1 Å². The first-order chi connectivity index (χ1) is 7.97. The number of carbonyl (C=O) groups excluding carboxylic acids is 1. The smallest absolute Gasteiger partial charge is 0.256 e. The predicted octanol–water partition coefficient (Wildman–Crippen LogP) is 1.70. The Morgan fingerprint density at radius 1 is 1.53 bits per heavy atom. The summed E-state index contributed by atoms with van der Waals surface area (Å²) in [5, 5.41) is 0. The SMILES string of the molecule is CCC1(N)CN(C(=O)c2cccc(C)c2F)C1. The molecule has 3 nitrogen and oxygen atoms in total. The molecule has 0 aromatic heterocycles. The minimum atomic E-state index is -0.427. The molecule has 2 N–H and O–H groups in total. The lowest BCUT2D eigenvalue weighted by atomic mass is 9.87. The number of nitrogens with zero attached hydrogens (tertiary/aromatic N) is 1. The fraction of sp³-hybridized carbons (Fsp3) is 0.462. The van der Waals surface area contributed by atoms with E-state index in [0.717, 1.165) is 6.42 Å². The first-order valence-corrected chi connectivity index (χ1v) is 5.80. The minimum absolute atomic E-state index is 0.142. The molecule has 0 atom stereocenters. The Hall–Kier alpha value is -1.42. The summed E-state index contributed by atoms with van der Waals surface area (Å²) in [5.41, 5.74) is 6.34. The fourth-order valence-electron chi connectivity index (χ4n) is 2.06.